The van der Waals surface area contributed by atoms with Gasteiger partial charge in [-0.3, -0.25) is 0 Å². The van der Waals surface area contributed by atoms with Crippen LogP contribution in [-0.4, -0.2) is 39.6 Å². The van der Waals surface area contributed by atoms with Crippen molar-refractivity contribution in [3.05, 3.63) is 83.2 Å². The average molecular weight is 480 g/mol. The third kappa shape index (κ3) is 5.55. The van der Waals surface area contributed by atoms with Crippen molar-refractivity contribution in [2.24, 2.45) is 5.10 Å². The monoisotopic (exact) mass is 479 g/mol. The molecular weight excluding hydrogens is 466 g/mol. The molecule has 0 saturated carbocycles. The summed E-state index contributed by atoms with van der Waals surface area (Å²) >= 11 is 5.98. The molecule has 2 amide bonds. The van der Waals surface area contributed by atoms with Crippen LogP contribution >= 0.6 is 11.6 Å². The molecule has 0 saturated heterocycles. The van der Waals surface area contributed by atoms with E-state index in [1.807, 2.05) is 0 Å². The summed E-state index contributed by atoms with van der Waals surface area (Å²) in [6.07, 6.45) is -3.53. The maximum absolute atomic E-state index is 13.4. The fourth-order valence-electron chi connectivity index (χ4n) is 3.21. The van der Waals surface area contributed by atoms with E-state index in [0.29, 0.717) is 17.0 Å². The minimum atomic E-state index is -4.81. The zero-order valence-electron chi connectivity index (χ0n) is 16.6. The fraction of sp³-hybridized carbons (Fsp3) is 0.143. The Labute approximate surface area is 189 Å². The summed E-state index contributed by atoms with van der Waals surface area (Å²) in [6.45, 7) is 0.0984. The lowest BCUT2D eigenvalue weighted by Crippen LogP contribution is -2.30. The fourth-order valence-corrected chi connectivity index (χ4v) is 3.36. The molecule has 1 aliphatic rings. The van der Waals surface area contributed by atoms with Crippen molar-refractivity contribution in [3.8, 4) is 5.75 Å². The van der Waals surface area contributed by atoms with Gasteiger partial charge in [-0.05, 0) is 48.0 Å². The number of ether oxygens (including phenoxy) is 1. The molecule has 1 unspecified atom stereocenters. The van der Waals surface area contributed by atoms with E-state index in [-0.39, 0.29) is 17.4 Å². The van der Waals surface area contributed by atoms with E-state index in [0.717, 1.165) is 17.1 Å². The molecule has 4 rings (SSSR count). The average Bonchev–Trinajstić information content (AvgIpc) is 3.20. The van der Waals surface area contributed by atoms with Crippen LogP contribution < -0.4 is 10.1 Å². The molecular formula is C21H14ClF4N5O2. The number of amides is 2. The second kappa shape index (κ2) is 9.02. The van der Waals surface area contributed by atoms with E-state index in [2.05, 4.69) is 25.1 Å². The van der Waals surface area contributed by atoms with Gasteiger partial charge in [0.2, 0.25) is 0 Å². The van der Waals surface area contributed by atoms with E-state index in [1.54, 1.807) is 6.07 Å². The third-order valence-corrected chi connectivity index (χ3v) is 4.85. The molecule has 1 N–H and O–H groups in total. The van der Waals surface area contributed by atoms with Crippen LogP contribution in [0.15, 0.2) is 66.0 Å². The lowest BCUT2D eigenvalue weighted by atomic mass is 9.94. The number of aromatic nitrogens is 2. The summed E-state index contributed by atoms with van der Waals surface area (Å²) in [5, 5.41) is 8.30. The first-order valence-electron chi connectivity index (χ1n) is 9.44. The molecule has 1 atom stereocenters. The molecule has 12 heteroatoms. The first-order chi connectivity index (χ1) is 15.7. The lowest BCUT2D eigenvalue weighted by molar-refractivity contribution is -0.274. The number of nitrogens with zero attached hydrogens (tertiary/aromatic N) is 4. The Morgan fingerprint density at radius 3 is 2.42 bits per heavy atom. The number of hydrogen-bond acceptors (Lipinski definition) is 5. The number of benzene rings is 2. The van der Waals surface area contributed by atoms with Gasteiger partial charge in [0.25, 0.3) is 0 Å². The Bertz CT molecular complexity index is 1190. The number of hydrogen-bond donors (Lipinski definition) is 1. The predicted molar refractivity (Wildman–Crippen MR) is 112 cm³/mol. The van der Waals surface area contributed by atoms with Crippen LogP contribution in [0.2, 0.25) is 5.15 Å². The van der Waals surface area contributed by atoms with Crippen LogP contribution in [0.4, 0.5) is 28.0 Å². The zero-order chi connectivity index (χ0) is 23.6. The van der Waals surface area contributed by atoms with Crippen LogP contribution in [0.25, 0.3) is 0 Å². The zero-order valence-corrected chi connectivity index (χ0v) is 17.3. The highest BCUT2D eigenvalue weighted by Crippen LogP contribution is 2.29. The molecule has 1 aliphatic heterocycles. The molecule has 7 nitrogen and oxygen atoms in total. The SMILES string of the molecule is O=C(Nc1ccc(OC(F)(F)F)cc1)N1CC(c2cc(Cl)ncn2)C(c2ccc(F)cc2)=N1. The second-order valence-electron chi connectivity index (χ2n) is 6.89. The van der Waals surface area contributed by atoms with Gasteiger partial charge in [-0.15, -0.1) is 13.2 Å². The van der Waals surface area contributed by atoms with E-state index in [1.165, 1.54) is 42.7 Å². The van der Waals surface area contributed by atoms with Gasteiger partial charge in [0, 0.05) is 5.69 Å². The van der Waals surface area contributed by atoms with Crippen molar-refractivity contribution in [3.63, 3.8) is 0 Å². The summed E-state index contributed by atoms with van der Waals surface area (Å²) < 4.78 is 54.1. The van der Waals surface area contributed by atoms with Crippen LogP contribution in [0, 0.1) is 5.82 Å². The first-order valence-corrected chi connectivity index (χ1v) is 9.82. The number of rotatable bonds is 4. The van der Waals surface area contributed by atoms with Crippen molar-refractivity contribution in [1.82, 2.24) is 15.0 Å². The Morgan fingerprint density at radius 2 is 1.79 bits per heavy atom. The van der Waals surface area contributed by atoms with Gasteiger partial charge in [0.05, 0.1) is 23.9 Å². The van der Waals surface area contributed by atoms with Crippen molar-refractivity contribution in [2.45, 2.75) is 12.3 Å². The number of carbonyl (C=O) groups excluding carboxylic acids is 1. The van der Waals surface area contributed by atoms with Crippen LogP contribution in [0.3, 0.4) is 0 Å². The number of nitrogens with one attached hydrogen (secondary N) is 1. The molecule has 0 aliphatic carbocycles. The number of hydrazone groups is 1. The molecule has 170 valence electrons. The van der Waals surface area contributed by atoms with Gasteiger partial charge in [0.15, 0.2) is 0 Å². The molecule has 0 bridgehead atoms. The summed E-state index contributed by atoms with van der Waals surface area (Å²) in [5.74, 6) is -1.31. The molecule has 1 aromatic heterocycles. The Hall–Kier alpha value is -3.73. The normalized spacial score (nSPS) is 15.8. The summed E-state index contributed by atoms with van der Waals surface area (Å²) in [7, 11) is 0. The number of carbonyl (C=O) groups is 1. The van der Waals surface area contributed by atoms with Gasteiger partial charge in [-0.2, -0.15) is 5.10 Å². The molecule has 3 aromatic rings. The maximum Gasteiger partial charge on any atom is 0.573 e. The van der Waals surface area contributed by atoms with E-state index in [4.69, 9.17) is 11.6 Å². The van der Waals surface area contributed by atoms with Crippen LogP contribution in [0.1, 0.15) is 17.2 Å². The van der Waals surface area contributed by atoms with Crippen molar-refractivity contribution in [1.29, 1.82) is 0 Å². The standard InChI is InChI=1S/C21H14ClF4N5O2/c22-18-9-17(27-11-28-18)16-10-31(30-19(16)12-1-3-13(23)4-2-12)20(32)29-14-5-7-15(8-6-14)33-21(24,25)26/h1-9,11,16H,10H2,(H,29,32). The summed E-state index contributed by atoms with van der Waals surface area (Å²) in [6, 6.07) is 11.2. The van der Waals surface area contributed by atoms with Crippen molar-refractivity contribution >= 4 is 29.0 Å². The van der Waals surface area contributed by atoms with Gasteiger partial charge < -0.3 is 10.1 Å². The van der Waals surface area contributed by atoms with Gasteiger partial charge in [-0.1, -0.05) is 23.7 Å². The number of urea groups is 1. The quantitative estimate of drug-likeness (QED) is 0.412. The maximum atomic E-state index is 13.4. The molecule has 0 radical (unpaired) electrons. The predicted octanol–water partition coefficient (Wildman–Crippen LogP) is 5.20. The summed E-state index contributed by atoms with van der Waals surface area (Å²) in [5.41, 5.74) is 1.80. The minimum absolute atomic E-state index is 0.0984. The van der Waals surface area contributed by atoms with Gasteiger partial charge >= 0.3 is 12.4 Å². The van der Waals surface area contributed by atoms with E-state index in [9.17, 15) is 22.4 Å². The molecule has 2 heterocycles. The molecule has 0 spiro atoms. The topological polar surface area (TPSA) is 79.7 Å². The number of alkyl halides is 3. The van der Waals surface area contributed by atoms with Crippen molar-refractivity contribution in [2.75, 3.05) is 11.9 Å². The largest absolute Gasteiger partial charge is 0.573 e. The van der Waals surface area contributed by atoms with Crippen LogP contribution in [-0.2, 0) is 0 Å². The summed E-state index contributed by atoms with van der Waals surface area (Å²) in [4.78, 5) is 20.8. The smallest absolute Gasteiger partial charge is 0.406 e. The first kappa shape index (κ1) is 22.5. The van der Waals surface area contributed by atoms with Crippen LogP contribution in [0.5, 0.6) is 5.75 Å². The Balaban J connectivity index is 1.55. The van der Waals surface area contributed by atoms with Gasteiger partial charge in [-0.25, -0.2) is 24.2 Å². The molecule has 2 aromatic carbocycles. The van der Waals surface area contributed by atoms with Crippen molar-refractivity contribution < 1.29 is 27.1 Å². The molecule has 33 heavy (non-hydrogen) atoms. The number of anilines is 1. The third-order valence-electron chi connectivity index (χ3n) is 4.64. The highest BCUT2D eigenvalue weighted by Gasteiger charge is 2.34. The van der Waals surface area contributed by atoms with Gasteiger partial charge in [0.1, 0.15) is 23.0 Å². The Morgan fingerprint density at radius 1 is 1.09 bits per heavy atom. The number of halogens is 5. The molecule has 0 fully saturated rings. The minimum Gasteiger partial charge on any atom is -0.406 e. The lowest BCUT2D eigenvalue weighted by Gasteiger charge is -2.15. The van der Waals surface area contributed by atoms with E-state index >= 15 is 0 Å². The van der Waals surface area contributed by atoms with E-state index < -0.39 is 29.9 Å². The second-order valence-corrected chi connectivity index (χ2v) is 7.28. The Kier molecular flexibility index (Phi) is 6.14. The highest BCUT2D eigenvalue weighted by molar-refractivity contribution is 6.29. The highest BCUT2D eigenvalue weighted by atomic mass is 35.5.